The molecule has 0 aromatic heterocycles. The minimum absolute atomic E-state index is 0.0154. The first-order valence-electron chi connectivity index (χ1n) is 9.87. The highest BCUT2D eigenvalue weighted by Crippen LogP contribution is 2.20. The number of anilines is 1. The fourth-order valence-corrected chi connectivity index (χ4v) is 3.22. The number of benzene rings is 3. The average molecular weight is 386 g/mol. The van der Waals surface area contributed by atoms with Gasteiger partial charge in [0.1, 0.15) is 0 Å². The van der Waals surface area contributed by atoms with E-state index >= 15 is 0 Å². The van der Waals surface area contributed by atoms with Crippen molar-refractivity contribution in [2.75, 3.05) is 18.5 Å². The molecule has 1 N–H and O–H groups in total. The van der Waals surface area contributed by atoms with Crippen LogP contribution < -0.4 is 10.2 Å². The summed E-state index contributed by atoms with van der Waals surface area (Å²) in [5, 5.41) is 2.96. The normalized spacial score (nSPS) is 10.4. The molecule has 0 saturated carbocycles. The van der Waals surface area contributed by atoms with Gasteiger partial charge in [-0.05, 0) is 36.1 Å². The maximum atomic E-state index is 12.7. The maximum Gasteiger partial charge on any atom is 0.253 e. The van der Waals surface area contributed by atoms with Crippen molar-refractivity contribution in [2.45, 2.75) is 19.3 Å². The third kappa shape index (κ3) is 5.79. The predicted octanol–water partition coefficient (Wildman–Crippen LogP) is 4.25. The van der Waals surface area contributed by atoms with Gasteiger partial charge >= 0.3 is 0 Å². The van der Waals surface area contributed by atoms with E-state index in [1.165, 1.54) is 5.56 Å². The van der Waals surface area contributed by atoms with Crippen molar-refractivity contribution in [3.63, 3.8) is 0 Å². The third-order valence-corrected chi connectivity index (χ3v) is 4.90. The number of aryl methyl sites for hydroxylation is 1. The van der Waals surface area contributed by atoms with Crippen LogP contribution in [0, 0.1) is 0 Å². The lowest BCUT2D eigenvalue weighted by molar-refractivity contribution is -0.118. The molecular weight excluding hydrogens is 360 g/mol. The minimum Gasteiger partial charge on any atom is -0.352 e. The summed E-state index contributed by atoms with van der Waals surface area (Å²) < 4.78 is 0. The molecule has 0 aliphatic rings. The number of rotatable bonds is 8. The summed E-state index contributed by atoms with van der Waals surface area (Å²) in [4.78, 5) is 27.0. The molecule has 0 atom stereocenters. The zero-order valence-electron chi connectivity index (χ0n) is 16.7. The quantitative estimate of drug-likeness (QED) is 0.629. The van der Waals surface area contributed by atoms with Crippen LogP contribution in [0.1, 0.15) is 27.9 Å². The van der Waals surface area contributed by atoms with E-state index in [4.69, 9.17) is 0 Å². The molecule has 0 heterocycles. The van der Waals surface area contributed by atoms with E-state index in [1.807, 2.05) is 78.9 Å². The van der Waals surface area contributed by atoms with Crippen LogP contribution in [0.25, 0.3) is 0 Å². The molecule has 0 bridgehead atoms. The second kappa shape index (κ2) is 10.2. The molecule has 29 heavy (non-hydrogen) atoms. The van der Waals surface area contributed by atoms with Crippen LogP contribution in [-0.2, 0) is 17.6 Å². The molecule has 0 spiro atoms. The molecular formula is C25H26N2O2. The van der Waals surface area contributed by atoms with Crippen LogP contribution in [0.2, 0.25) is 0 Å². The number of carbonyl (C=O) groups is 2. The van der Waals surface area contributed by atoms with E-state index in [2.05, 4.69) is 5.32 Å². The molecule has 3 aromatic rings. The molecule has 0 aliphatic heterocycles. The van der Waals surface area contributed by atoms with Crippen molar-refractivity contribution in [1.29, 1.82) is 0 Å². The summed E-state index contributed by atoms with van der Waals surface area (Å²) in [5.41, 5.74) is 3.44. The summed E-state index contributed by atoms with van der Waals surface area (Å²) in [6.45, 7) is 0.544. The Balaban J connectivity index is 1.60. The summed E-state index contributed by atoms with van der Waals surface area (Å²) in [6, 6.07) is 27.2. The summed E-state index contributed by atoms with van der Waals surface area (Å²) >= 11 is 0. The van der Waals surface area contributed by atoms with Crippen LogP contribution in [0.15, 0.2) is 84.9 Å². The summed E-state index contributed by atoms with van der Waals surface area (Å²) in [6.07, 6.45) is 1.83. The highest BCUT2D eigenvalue weighted by atomic mass is 16.2. The van der Waals surface area contributed by atoms with Crippen LogP contribution in [0.3, 0.4) is 0 Å². The molecule has 148 valence electrons. The zero-order chi connectivity index (χ0) is 20.5. The number of hydrogen-bond acceptors (Lipinski definition) is 2. The van der Waals surface area contributed by atoms with E-state index < -0.39 is 0 Å². The SMILES string of the molecule is CN(C(=O)CCc1ccccc1)c1ccccc1C(=O)NCCc1ccccc1. The van der Waals surface area contributed by atoms with Crippen LogP contribution in [0.5, 0.6) is 0 Å². The summed E-state index contributed by atoms with van der Waals surface area (Å²) in [7, 11) is 1.73. The van der Waals surface area contributed by atoms with Gasteiger partial charge in [-0.2, -0.15) is 0 Å². The largest absolute Gasteiger partial charge is 0.352 e. The second-order valence-corrected chi connectivity index (χ2v) is 6.95. The van der Waals surface area contributed by atoms with E-state index in [-0.39, 0.29) is 11.8 Å². The van der Waals surface area contributed by atoms with Crippen LogP contribution >= 0.6 is 0 Å². The molecule has 0 aliphatic carbocycles. The van der Waals surface area contributed by atoms with Crippen LogP contribution in [0.4, 0.5) is 5.69 Å². The Kier molecular flexibility index (Phi) is 7.17. The Morgan fingerprint density at radius 3 is 1.97 bits per heavy atom. The minimum atomic E-state index is -0.167. The van der Waals surface area contributed by atoms with Crippen molar-refractivity contribution in [3.05, 3.63) is 102 Å². The van der Waals surface area contributed by atoms with Gasteiger partial charge in [0.15, 0.2) is 0 Å². The van der Waals surface area contributed by atoms with Gasteiger partial charge in [0, 0.05) is 20.0 Å². The smallest absolute Gasteiger partial charge is 0.253 e. The summed E-state index contributed by atoms with van der Waals surface area (Å²) in [5.74, 6) is -0.183. The maximum absolute atomic E-state index is 12.7. The van der Waals surface area contributed by atoms with Crippen LogP contribution in [-0.4, -0.2) is 25.4 Å². The van der Waals surface area contributed by atoms with Crippen molar-refractivity contribution in [1.82, 2.24) is 5.32 Å². The van der Waals surface area contributed by atoms with Crippen molar-refractivity contribution < 1.29 is 9.59 Å². The van der Waals surface area contributed by atoms with Crippen molar-refractivity contribution >= 4 is 17.5 Å². The lowest BCUT2D eigenvalue weighted by Crippen LogP contribution is -2.31. The van der Waals surface area contributed by atoms with Gasteiger partial charge in [-0.1, -0.05) is 72.8 Å². The fraction of sp³-hybridized carbons (Fsp3) is 0.200. The monoisotopic (exact) mass is 386 g/mol. The van der Waals surface area contributed by atoms with Gasteiger partial charge < -0.3 is 10.2 Å². The molecule has 0 saturated heterocycles. The first-order chi connectivity index (χ1) is 14.1. The standard InChI is InChI=1S/C25H26N2O2/c1-27(24(28)17-16-20-10-4-2-5-11-20)23-15-9-8-14-22(23)25(29)26-19-18-21-12-6-3-7-13-21/h2-15H,16-19H2,1H3,(H,26,29). The van der Waals surface area contributed by atoms with Gasteiger partial charge in [0.25, 0.3) is 5.91 Å². The Hall–Kier alpha value is -3.40. The zero-order valence-corrected chi connectivity index (χ0v) is 16.7. The van der Waals surface area contributed by atoms with Gasteiger partial charge in [-0.25, -0.2) is 0 Å². The Bertz CT molecular complexity index is 939. The molecule has 0 radical (unpaired) electrons. The third-order valence-electron chi connectivity index (χ3n) is 4.90. The first kappa shape index (κ1) is 20.3. The second-order valence-electron chi connectivity index (χ2n) is 6.95. The molecule has 4 heteroatoms. The number of para-hydroxylation sites is 1. The van der Waals surface area contributed by atoms with Gasteiger partial charge in [-0.15, -0.1) is 0 Å². The Morgan fingerprint density at radius 1 is 0.759 bits per heavy atom. The molecule has 3 rings (SSSR count). The highest BCUT2D eigenvalue weighted by molar-refractivity contribution is 6.04. The van der Waals surface area contributed by atoms with Gasteiger partial charge in [0.2, 0.25) is 5.91 Å². The average Bonchev–Trinajstić information content (AvgIpc) is 2.78. The fourth-order valence-electron chi connectivity index (χ4n) is 3.22. The van der Waals surface area contributed by atoms with E-state index in [0.717, 1.165) is 12.0 Å². The predicted molar refractivity (Wildman–Crippen MR) is 117 cm³/mol. The molecule has 0 fully saturated rings. The lowest BCUT2D eigenvalue weighted by atomic mass is 10.1. The molecule has 0 unspecified atom stereocenters. The van der Waals surface area contributed by atoms with Crippen molar-refractivity contribution in [3.8, 4) is 0 Å². The van der Waals surface area contributed by atoms with E-state index in [9.17, 15) is 9.59 Å². The number of nitrogens with zero attached hydrogens (tertiary/aromatic N) is 1. The molecule has 2 amide bonds. The number of amides is 2. The first-order valence-corrected chi connectivity index (χ1v) is 9.87. The number of carbonyl (C=O) groups excluding carboxylic acids is 2. The van der Waals surface area contributed by atoms with E-state index in [1.54, 1.807) is 18.0 Å². The number of nitrogens with one attached hydrogen (secondary N) is 1. The Morgan fingerprint density at radius 2 is 1.31 bits per heavy atom. The van der Waals surface area contributed by atoms with Crippen molar-refractivity contribution in [2.24, 2.45) is 0 Å². The Labute approximate surface area is 172 Å². The molecule has 3 aromatic carbocycles. The van der Waals surface area contributed by atoms with E-state index in [0.29, 0.717) is 30.6 Å². The van der Waals surface area contributed by atoms with Gasteiger partial charge in [0.05, 0.1) is 11.3 Å². The molecule has 4 nitrogen and oxygen atoms in total. The number of hydrogen-bond donors (Lipinski definition) is 1. The lowest BCUT2D eigenvalue weighted by Gasteiger charge is -2.20. The highest BCUT2D eigenvalue weighted by Gasteiger charge is 2.18. The van der Waals surface area contributed by atoms with Gasteiger partial charge in [-0.3, -0.25) is 9.59 Å². The topological polar surface area (TPSA) is 49.4 Å².